The van der Waals surface area contributed by atoms with Crippen molar-refractivity contribution < 1.29 is 13.2 Å². The first-order valence-corrected chi connectivity index (χ1v) is 9.66. The summed E-state index contributed by atoms with van der Waals surface area (Å²) in [5.74, 6) is 1.32. The topological polar surface area (TPSA) is 53.1 Å². The van der Waals surface area contributed by atoms with Crippen LogP contribution < -0.4 is 0 Å². The summed E-state index contributed by atoms with van der Waals surface area (Å²) in [4.78, 5) is 2.55. The third kappa shape index (κ3) is 3.06. The van der Waals surface area contributed by atoms with Gasteiger partial charge in [0.1, 0.15) is 0 Å². The SMILES string of the molecule is COC[C@H]1CN(CC2CC2)C[C@@]12CCN(S(=O)(=O)N(C)C)C2. The highest BCUT2D eigenvalue weighted by molar-refractivity contribution is 7.86. The Labute approximate surface area is 134 Å². The third-order valence-corrected chi connectivity index (χ3v) is 7.49. The Morgan fingerprint density at radius 1 is 1.27 bits per heavy atom. The molecule has 2 saturated heterocycles. The molecule has 3 aliphatic rings. The Bertz CT molecular complexity index is 506. The molecule has 0 amide bonds. The lowest BCUT2D eigenvalue weighted by Crippen LogP contribution is -2.42. The van der Waals surface area contributed by atoms with Crippen LogP contribution in [-0.2, 0) is 14.9 Å². The van der Waals surface area contributed by atoms with E-state index in [0.717, 1.165) is 32.0 Å². The number of rotatable bonds is 6. The molecule has 0 radical (unpaired) electrons. The molecule has 128 valence electrons. The van der Waals surface area contributed by atoms with Crippen molar-refractivity contribution in [2.24, 2.45) is 17.3 Å². The molecule has 2 heterocycles. The van der Waals surface area contributed by atoms with Gasteiger partial charge in [0.2, 0.25) is 0 Å². The molecule has 2 aliphatic heterocycles. The Hall–Kier alpha value is -0.210. The molecule has 0 unspecified atom stereocenters. The van der Waals surface area contributed by atoms with Crippen molar-refractivity contribution in [2.75, 3.05) is 60.5 Å². The summed E-state index contributed by atoms with van der Waals surface area (Å²) in [7, 11) is 1.68. The van der Waals surface area contributed by atoms with Crippen LogP contribution in [0.15, 0.2) is 0 Å². The van der Waals surface area contributed by atoms with Crippen LogP contribution in [0.4, 0.5) is 0 Å². The van der Waals surface area contributed by atoms with E-state index in [1.165, 1.54) is 23.7 Å². The second kappa shape index (κ2) is 6.02. The molecule has 3 fully saturated rings. The second-order valence-electron chi connectivity index (χ2n) is 7.53. The Kier molecular flexibility index (Phi) is 4.55. The van der Waals surface area contributed by atoms with Crippen molar-refractivity contribution in [1.82, 2.24) is 13.5 Å². The normalized spacial score (nSPS) is 34.3. The second-order valence-corrected chi connectivity index (χ2v) is 9.67. The van der Waals surface area contributed by atoms with Gasteiger partial charge in [0.25, 0.3) is 10.2 Å². The maximum atomic E-state index is 12.4. The highest BCUT2D eigenvalue weighted by Gasteiger charge is 2.53. The minimum atomic E-state index is -3.30. The fourth-order valence-corrected chi connectivity index (χ4v) is 5.33. The Morgan fingerprint density at radius 3 is 2.59 bits per heavy atom. The number of ether oxygens (including phenoxy) is 1. The largest absolute Gasteiger partial charge is 0.384 e. The minimum Gasteiger partial charge on any atom is -0.384 e. The quantitative estimate of drug-likeness (QED) is 0.710. The zero-order valence-electron chi connectivity index (χ0n) is 14.0. The van der Waals surface area contributed by atoms with Crippen molar-refractivity contribution in [2.45, 2.75) is 19.3 Å². The molecule has 1 spiro atoms. The molecule has 1 saturated carbocycles. The number of methoxy groups -OCH3 is 1. The number of hydrogen-bond donors (Lipinski definition) is 0. The highest BCUT2D eigenvalue weighted by Crippen LogP contribution is 2.46. The van der Waals surface area contributed by atoms with Gasteiger partial charge < -0.3 is 9.64 Å². The smallest absolute Gasteiger partial charge is 0.281 e. The van der Waals surface area contributed by atoms with Crippen molar-refractivity contribution in [1.29, 1.82) is 0 Å². The van der Waals surface area contributed by atoms with Gasteiger partial charge in [-0.15, -0.1) is 0 Å². The lowest BCUT2D eigenvalue weighted by molar-refractivity contribution is 0.100. The fraction of sp³-hybridized carbons (Fsp3) is 1.00. The molecule has 3 rings (SSSR count). The summed E-state index contributed by atoms with van der Waals surface area (Å²) in [6.07, 6.45) is 3.68. The van der Waals surface area contributed by atoms with Crippen molar-refractivity contribution in [3.05, 3.63) is 0 Å². The molecule has 2 atom stereocenters. The Balaban J connectivity index is 1.72. The van der Waals surface area contributed by atoms with Crippen molar-refractivity contribution >= 4 is 10.2 Å². The van der Waals surface area contributed by atoms with Gasteiger partial charge in [-0.1, -0.05) is 0 Å². The van der Waals surface area contributed by atoms with Gasteiger partial charge in [-0.3, -0.25) is 0 Å². The fourth-order valence-electron chi connectivity index (χ4n) is 4.13. The summed E-state index contributed by atoms with van der Waals surface area (Å²) in [6.45, 7) is 5.28. The molecule has 7 heteroatoms. The van der Waals surface area contributed by atoms with E-state index in [1.54, 1.807) is 25.5 Å². The van der Waals surface area contributed by atoms with Crippen LogP contribution in [0.25, 0.3) is 0 Å². The van der Waals surface area contributed by atoms with Crippen LogP contribution in [0.5, 0.6) is 0 Å². The molecule has 6 nitrogen and oxygen atoms in total. The van der Waals surface area contributed by atoms with Crippen LogP contribution in [0.2, 0.25) is 0 Å². The lowest BCUT2D eigenvalue weighted by Gasteiger charge is -2.30. The zero-order valence-corrected chi connectivity index (χ0v) is 14.8. The van der Waals surface area contributed by atoms with E-state index in [-0.39, 0.29) is 5.41 Å². The molecular formula is C15H29N3O3S. The van der Waals surface area contributed by atoms with Gasteiger partial charge in [-0.05, 0) is 25.2 Å². The summed E-state index contributed by atoms with van der Waals surface area (Å²) < 4.78 is 33.3. The number of nitrogens with zero attached hydrogens (tertiary/aromatic N) is 3. The van der Waals surface area contributed by atoms with E-state index in [9.17, 15) is 8.42 Å². The van der Waals surface area contributed by atoms with Gasteiger partial charge >= 0.3 is 0 Å². The van der Waals surface area contributed by atoms with E-state index in [4.69, 9.17) is 4.74 Å². The first kappa shape index (κ1) is 16.6. The average Bonchev–Trinajstić information content (AvgIpc) is 3.05. The van der Waals surface area contributed by atoms with E-state index in [2.05, 4.69) is 4.90 Å². The summed E-state index contributed by atoms with van der Waals surface area (Å²) >= 11 is 0. The summed E-state index contributed by atoms with van der Waals surface area (Å²) in [5.41, 5.74) is 0.0774. The maximum Gasteiger partial charge on any atom is 0.281 e. The molecule has 0 N–H and O–H groups in total. The molecule has 0 bridgehead atoms. The van der Waals surface area contributed by atoms with Crippen LogP contribution in [-0.4, -0.2) is 82.5 Å². The van der Waals surface area contributed by atoms with Gasteiger partial charge in [0.15, 0.2) is 0 Å². The average molecular weight is 331 g/mol. The molecule has 0 aromatic rings. The van der Waals surface area contributed by atoms with Gasteiger partial charge in [0, 0.05) is 65.3 Å². The van der Waals surface area contributed by atoms with Crippen LogP contribution in [0, 0.1) is 17.3 Å². The first-order chi connectivity index (χ1) is 10.4. The molecule has 1 aliphatic carbocycles. The van der Waals surface area contributed by atoms with Crippen LogP contribution >= 0.6 is 0 Å². The third-order valence-electron chi connectivity index (χ3n) is 5.60. The maximum absolute atomic E-state index is 12.4. The lowest BCUT2D eigenvalue weighted by atomic mass is 9.78. The molecular weight excluding hydrogens is 302 g/mol. The van der Waals surface area contributed by atoms with E-state index in [1.807, 2.05) is 0 Å². The van der Waals surface area contributed by atoms with Gasteiger partial charge in [-0.25, -0.2) is 0 Å². The number of hydrogen-bond acceptors (Lipinski definition) is 4. The van der Waals surface area contributed by atoms with Crippen molar-refractivity contribution in [3.63, 3.8) is 0 Å². The van der Waals surface area contributed by atoms with Crippen LogP contribution in [0.1, 0.15) is 19.3 Å². The summed E-state index contributed by atoms with van der Waals surface area (Å²) in [5, 5.41) is 0. The zero-order chi connectivity index (χ0) is 16.0. The van der Waals surface area contributed by atoms with E-state index >= 15 is 0 Å². The summed E-state index contributed by atoms with van der Waals surface area (Å²) in [6, 6.07) is 0. The number of likely N-dealkylation sites (tertiary alicyclic amines) is 1. The first-order valence-electron chi connectivity index (χ1n) is 8.26. The van der Waals surface area contributed by atoms with Crippen LogP contribution in [0.3, 0.4) is 0 Å². The molecule has 0 aromatic heterocycles. The van der Waals surface area contributed by atoms with Gasteiger partial charge in [-0.2, -0.15) is 17.0 Å². The monoisotopic (exact) mass is 331 g/mol. The predicted octanol–water partition coefficient (Wildman–Crippen LogP) is 0.473. The highest BCUT2D eigenvalue weighted by atomic mass is 32.2. The standard InChI is InChI=1S/C15H29N3O3S/c1-16(2)22(19,20)18-7-6-15(12-18)11-17(8-13-4-5-13)9-14(15)10-21-3/h13-14H,4-12H2,1-3H3/t14-,15-/m1/s1. The predicted molar refractivity (Wildman–Crippen MR) is 85.8 cm³/mol. The van der Waals surface area contributed by atoms with Gasteiger partial charge in [0.05, 0.1) is 6.61 Å². The van der Waals surface area contributed by atoms with E-state index < -0.39 is 10.2 Å². The minimum absolute atomic E-state index is 0.0774. The van der Waals surface area contributed by atoms with E-state index in [0.29, 0.717) is 19.0 Å². The van der Waals surface area contributed by atoms with Crippen molar-refractivity contribution in [3.8, 4) is 0 Å². The molecule has 0 aromatic carbocycles. The Morgan fingerprint density at radius 2 is 2.00 bits per heavy atom. The molecule has 22 heavy (non-hydrogen) atoms.